The molecule has 2 rings (SSSR count). The first-order valence-electron chi connectivity index (χ1n) is 7.57. The molecule has 0 aliphatic carbocycles. The number of hydrogen-bond acceptors (Lipinski definition) is 5. The third-order valence-corrected chi connectivity index (χ3v) is 4.61. The van der Waals surface area contributed by atoms with Crippen molar-refractivity contribution in [3.05, 3.63) is 47.1 Å². The lowest BCUT2D eigenvalue weighted by Gasteiger charge is -2.12. The SMILES string of the molecule is CC(C)COc1ncc(CNc2ccccc2S(C)(=O)=O)cc1Cl. The van der Waals surface area contributed by atoms with Crippen molar-refractivity contribution < 1.29 is 13.2 Å². The Hall–Kier alpha value is -1.79. The molecule has 0 spiro atoms. The molecule has 0 radical (unpaired) electrons. The lowest BCUT2D eigenvalue weighted by Crippen LogP contribution is -2.08. The molecule has 1 aromatic heterocycles. The van der Waals surface area contributed by atoms with Crippen LogP contribution >= 0.6 is 11.6 Å². The summed E-state index contributed by atoms with van der Waals surface area (Å²) in [4.78, 5) is 4.49. The van der Waals surface area contributed by atoms with E-state index in [9.17, 15) is 8.42 Å². The zero-order valence-electron chi connectivity index (χ0n) is 13.9. The monoisotopic (exact) mass is 368 g/mol. The molecule has 0 atom stereocenters. The number of para-hydroxylation sites is 1. The van der Waals surface area contributed by atoms with Gasteiger partial charge in [0.1, 0.15) is 5.02 Å². The van der Waals surface area contributed by atoms with Crippen LogP contribution in [0, 0.1) is 5.92 Å². The quantitative estimate of drug-likeness (QED) is 0.805. The second kappa shape index (κ2) is 7.85. The van der Waals surface area contributed by atoms with Crippen molar-refractivity contribution in [3.8, 4) is 5.88 Å². The minimum Gasteiger partial charge on any atom is -0.476 e. The molecule has 0 unspecified atom stereocenters. The summed E-state index contributed by atoms with van der Waals surface area (Å²) in [6.45, 7) is 5.05. The lowest BCUT2D eigenvalue weighted by molar-refractivity contribution is 0.261. The van der Waals surface area contributed by atoms with E-state index in [0.29, 0.717) is 35.7 Å². The van der Waals surface area contributed by atoms with Crippen molar-refractivity contribution in [2.45, 2.75) is 25.3 Å². The van der Waals surface area contributed by atoms with Gasteiger partial charge < -0.3 is 10.1 Å². The number of pyridine rings is 1. The van der Waals surface area contributed by atoms with E-state index in [2.05, 4.69) is 10.3 Å². The number of nitrogens with zero attached hydrogens (tertiary/aromatic N) is 1. The summed E-state index contributed by atoms with van der Waals surface area (Å²) in [6.07, 6.45) is 2.85. The van der Waals surface area contributed by atoms with E-state index in [1.165, 1.54) is 6.26 Å². The first-order valence-corrected chi connectivity index (χ1v) is 9.84. The van der Waals surface area contributed by atoms with Crippen LogP contribution in [-0.2, 0) is 16.4 Å². The largest absolute Gasteiger partial charge is 0.476 e. The Bertz CT molecular complexity index is 807. The molecule has 0 amide bonds. The number of halogens is 1. The number of hydrogen-bond donors (Lipinski definition) is 1. The Kier molecular flexibility index (Phi) is 6.07. The van der Waals surface area contributed by atoms with Crippen LogP contribution in [-0.4, -0.2) is 26.3 Å². The molecule has 2 aromatic rings. The van der Waals surface area contributed by atoms with Crippen LogP contribution in [0.3, 0.4) is 0 Å². The molecule has 1 aromatic carbocycles. The highest BCUT2D eigenvalue weighted by Crippen LogP contribution is 2.25. The number of anilines is 1. The van der Waals surface area contributed by atoms with Crippen LogP contribution in [0.4, 0.5) is 5.69 Å². The van der Waals surface area contributed by atoms with Crippen LogP contribution in [0.15, 0.2) is 41.4 Å². The van der Waals surface area contributed by atoms with Gasteiger partial charge in [-0.25, -0.2) is 13.4 Å². The van der Waals surface area contributed by atoms with E-state index in [0.717, 1.165) is 5.56 Å². The summed E-state index contributed by atoms with van der Waals surface area (Å²) in [5.74, 6) is 0.794. The lowest BCUT2D eigenvalue weighted by atomic mass is 10.2. The Morgan fingerprint density at radius 2 is 2.00 bits per heavy atom. The van der Waals surface area contributed by atoms with E-state index in [4.69, 9.17) is 16.3 Å². The normalized spacial score (nSPS) is 11.5. The number of benzene rings is 1. The molecule has 130 valence electrons. The predicted molar refractivity (Wildman–Crippen MR) is 96.5 cm³/mol. The molecule has 0 saturated heterocycles. The van der Waals surface area contributed by atoms with Crippen molar-refractivity contribution >= 4 is 27.1 Å². The minimum atomic E-state index is -3.29. The number of rotatable bonds is 7. The van der Waals surface area contributed by atoms with Crippen LogP contribution in [0.25, 0.3) is 0 Å². The van der Waals surface area contributed by atoms with Gasteiger partial charge in [-0.3, -0.25) is 0 Å². The highest BCUT2D eigenvalue weighted by atomic mass is 35.5. The Morgan fingerprint density at radius 1 is 1.29 bits per heavy atom. The number of ether oxygens (including phenoxy) is 1. The standard InChI is InChI=1S/C17H21ClN2O3S/c1-12(2)11-23-17-14(18)8-13(10-20-17)9-19-15-6-4-5-7-16(15)24(3,21)22/h4-8,10,12,19H,9,11H2,1-3H3. The van der Waals surface area contributed by atoms with E-state index >= 15 is 0 Å². The van der Waals surface area contributed by atoms with E-state index in [1.54, 1.807) is 36.5 Å². The molecule has 0 saturated carbocycles. The van der Waals surface area contributed by atoms with Crippen molar-refractivity contribution in [1.29, 1.82) is 0 Å². The second-order valence-electron chi connectivity index (χ2n) is 5.96. The predicted octanol–water partition coefficient (Wildman–Crippen LogP) is 3.79. The van der Waals surface area contributed by atoms with Crippen LogP contribution in [0.5, 0.6) is 5.88 Å². The van der Waals surface area contributed by atoms with Gasteiger partial charge in [-0.15, -0.1) is 0 Å². The number of sulfone groups is 1. The molecule has 7 heteroatoms. The summed E-state index contributed by atoms with van der Waals surface area (Å²) < 4.78 is 29.1. The Morgan fingerprint density at radius 3 is 2.62 bits per heavy atom. The maximum absolute atomic E-state index is 11.8. The molecule has 1 heterocycles. The maximum atomic E-state index is 11.8. The highest BCUT2D eigenvalue weighted by Gasteiger charge is 2.12. The fraction of sp³-hybridized carbons (Fsp3) is 0.353. The average molecular weight is 369 g/mol. The van der Waals surface area contributed by atoms with Gasteiger partial charge in [-0.05, 0) is 29.7 Å². The third-order valence-electron chi connectivity index (χ3n) is 3.19. The van der Waals surface area contributed by atoms with Crippen LogP contribution in [0.2, 0.25) is 5.02 Å². The minimum absolute atomic E-state index is 0.265. The summed E-state index contributed by atoms with van der Waals surface area (Å²) in [7, 11) is -3.29. The van der Waals surface area contributed by atoms with Gasteiger partial charge in [0, 0.05) is 19.0 Å². The molecule has 5 nitrogen and oxygen atoms in total. The summed E-state index contributed by atoms with van der Waals surface area (Å²) >= 11 is 6.19. The molecule has 0 bridgehead atoms. The molecule has 0 aliphatic heterocycles. The molecule has 1 N–H and O–H groups in total. The van der Waals surface area contributed by atoms with Gasteiger partial charge in [-0.2, -0.15) is 0 Å². The van der Waals surface area contributed by atoms with E-state index in [1.807, 2.05) is 13.8 Å². The summed E-state index contributed by atoms with van der Waals surface area (Å²) in [6, 6.07) is 8.55. The molecule has 24 heavy (non-hydrogen) atoms. The van der Waals surface area contributed by atoms with Gasteiger partial charge in [0.15, 0.2) is 9.84 Å². The number of nitrogens with one attached hydrogen (secondary N) is 1. The van der Waals surface area contributed by atoms with Gasteiger partial charge in [-0.1, -0.05) is 37.6 Å². The first kappa shape index (κ1) is 18.5. The molecular weight excluding hydrogens is 348 g/mol. The van der Waals surface area contributed by atoms with Crippen LogP contribution in [0.1, 0.15) is 19.4 Å². The second-order valence-corrected chi connectivity index (χ2v) is 8.35. The highest BCUT2D eigenvalue weighted by molar-refractivity contribution is 7.90. The van der Waals surface area contributed by atoms with E-state index < -0.39 is 9.84 Å². The summed E-state index contributed by atoms with van der Waals surface area (Å²) in [5.41, 5.74) is 1.39. The molecular formula is C17H21ClN2O3S. The first-order chi connectivity index (χ1) is 11.3. The van der Waals surface area contributed by atoms with Gasteiger partial charge in [0.2, 0.25) is 5.88 Å². The number of aromatic nitrogens is 1. The van der Waals surface area contributed by atoms with Crippen molar-refractivity contribution in [1.82, 2.24) is 4.98 Å². The van der Waals surface area contributed by atoms with Crippen molar-refractivity contribution in [3.63, 3.8) is 0 Å². The third kappa shape index (κ3) is 5.11. The fourth-order valence-corrected chi connectivity index (χ4v) is 3.16. The summed E-state index contributed by atoms with van der Waals surface area (Å²) in [5, 5.41) is 3.55. The van der Waals surface area contributed by atoms with Crippen LogP contribution < -0.4 is 10.1 Å². The van der Waals surface area contributed by atoms with Crippen molar-refractivity contribution in [2.24, 2.45) is 5.92 Å². The maximum Gasteiger partial charge on any atom is 0.232 e. The van der Waals surface area contributed by atoms with Crippen molar-refractivity contribution in [2.75, 3.05) is 18.2 Å². The molecule has 0 fully saturated rings. The van der Waals surface area contributed by atoms with Gasteiger partial charge in [0.25, 0.3) is 0 Å². The Balaban J connectivity index is 2.09. The zero-order chi connectivity index (χ0) is 17.7. The smallest absolute Gasteiger partial charge is 0.232 e. The van der Waals surface area contributed by atoms with Gasteiger partial charge >= 0.3 is 0 Å². The Labute approximate surface area is 147 Å². The average Bonchev–Trinajstić information content (AvgIpc) is 2.51. The van der Waals surface area contributed by atoms with Gasteiger partial charge in [0.05, 0.1) is 17.2 Å². The molecule has 0 aliphatic rings. The fourth-order valence-electron chi connectivity index (χ4n) is 2.05. The van der Waals surface area contributed by atoms with E-state index in [-0.39, 0.29) is 4.90 Å². The topological polar surface area (TPSA) is 68.3 Å². The zero-order valence-corrected chi connectivity index (χ0v) is 15.5.